The number of fused-ring (bicyclic) bond motifs is 5. The third-order valence-corrected chi connectivity index (χ3v) is 10.4. The van der Waals surface area contributed by atoms with Crippen LogP contribution in [0.5, 0.6) is 5.75 Å². The average molecular weight is 555 g/mol. The first kappa shape index (κ1) is 28.4. The number of nitrogens with one attached hydrogen (secondary N) is 1. The third-order valence-electron chi connectivity index (χ3n) is 10.4. The fraction of sp³-hybridized carbons (Fsp3) is 0.528. The minimum atomic E-state index is -0.219. The van der Waals surface area contributed by atoms with Gasteiger partial charge in [0, 0.05) is 38.0 Å². The van der Waals surface area contributed by atoms with Crippen molar-refractivity contribution in [2.45, 2.75) is 70.5 Å². The van der Waals surface area contributed by atoms with Crippen molar-refractivity contribution in [2.24, 2.45) is 23.2 Å². The van der Waals surface area contributed by atoms with Gasteiger partial charge in [-0.15, -0.1) is 0 Å². The van der Waals surface area contributed by atoms with Crippen molar-refractivity contribution in [3.8, 4) is 5.75 Å². The van der Waals surface area contributed by atoms with Gasteiger partial charge in [0.2, 0.25) is 0 Å². The molecule has 1 aromatic heterocycles. The molecule has 3 aliphatic carbocycles. The number of benzene rings is 2. The summed E-state index contributed by atoms with van der Waals surface area (Å²) in [5, 5.41) is 15.0. The van der Waals surface area contributed by atoms with Gasteiger partial charge >= 0.3 is 0 Å². The molecule has 6 atom stereocenters. The van der Waals surface area contributed by atoms with Crippen molar-refractivity contribution >= 4 is 0 Å². The smallest absolute Gasteiger partial charge is 0.120 e. The topological polar surface area (TPSA) is 63.6 Å². The molecule has 6 rings (SSSR count). The Hall–Kier alpha value is -2.73. The second-order valence-electron chi connectivity index (χ2n) is 12.8. The van der Waals surface area contributed by atoms with Gasteiger partial charge in [0.25, 0.3) is 0 Å². The van der Waals surface area contributed by atoms with E-state index in [1.54, 1.807) is 0 Å². The number of rotatable bonds is 12. The Bertz CT molecular complexity index is 1250. The fourth-order valence-electron chi connectivity index (χ4n) is 8.19. The number of hydrogen-bond acceptors (Lipinski definition) is 5. The van der Waals surface area contributed by atoms with Gasteiger partial charge in [-0.25, -0.2) is 0 Å². The first-order valence-electron chi connectivity index (χ1n) is 15.8. The van der Waals surface area contributed by atoms with Crippen molar-refractivity contribution in [1.82, 2.24) is 10.3 Å². The second kappa shape index (κ2) is 13.1. The van der Waals surface area contributed by atoms with E-state index < -0.39 is 0 Å². The van der Waals surface area contributed by atoms with Crippen LogP contribution in [0.25, 0.3) is 0 Å². The number of aliphatic hydroxyl groups excluding tert-OH is 1. The maximum Gasteiger partial charge on any atom is 0.120 e. The van der Waals surface area contributed by atoms with Crippen LogP contribution in [0.1, 0.15) is 67.3 Å². The molecule has 5 nitrogen and oxygen atoms in total. The maximum absolute atomic E-state index is 11.5. The Morgan fingerprint density at radius 3 is 2.73 bits per heavy atom. The van der Waals surface area contributed by atoms with E-state index in [-0.39, 0.29) is 11.5 Å². The van der Waals surface area contributed by atoms with E-state index >= 15 is 0 Å². The zero-order valence-electron chi connectivity index (χ0n) is 24.5. The molecule has 1 heterocycles. The van der Waals surface area contributed by atoms with E-state index in [0.717, 1.165) is 63.2 Å². The quantitative estimate of drug-likeness (QED) is 0.256. The Morgan fingerprint density at radius 2 is 1.88 bits per heavy atom. The number of pyridine rings is 1. The summed E-state index contributed by atoms with van der Waals surface area (Å²) in [6.07, 6.45) is 9.29. The molecule has 2 saturated carbocycles. The molecule has 2 N–H and O–H groups in total. The predicted octanol–water partition coefficient (Wildman–Crippen LogP) is 6.34. The second-order valence-corrected chi connectivity index (χ2v) is 12.8. The van der Waals surface area contributed by atoms with Crippen molar-refractivity contribution < 1.29 is 14.6 Å². The monoisotopic (exact) mass is 554 g/mol. The van der Waals surface area contributed by atoms with Crippen LogP contribution < -0.4 is 10.1 Å². The maximum atomic E-state index is 11.5. The lowest BCUT2D eigenvalue weighted by Crippen LogP contribution is -2.44. The van der Waals surface area contributed by atoms with Crippen LogP contribution in [0, 0.1) is 23.2 Å². The van der Waals surface area contributed by atoms with Gasteiger partial charge in [-0.2, -0.15) is 0 Å². The van der Waals surface area contributed by atoms with Crippen LogP contribution in [0.15, 0.2) is 72.9 Å². The Morgan fingerprint density at radius 1 is 1.00 bits per heavy atom. The molecule has 4 unspecified atom stereocenters. The molecule has 0 amide bonds. The molecule has 3 aromatic rings. The summed E-state index contributed by atoms with van der Waals surface area (Å²) >= 11 is 0. The Balaban J connectivity index is 0.977. The zero-order chi connectivity index (χ0) is 28.1. The predicted molar refractivity (Wildman–Crippen MR) is 163 cm³/mol. The summed E-state index contributed by atoms with van der Waals surface area (Å²) < 4.78 is 12.1. The number of ether oxygens (including phenoxy) is 2. The fourth-order valence-corrected chi connectivity index (χ4v) is 8.19. The van der Waals surface area contributed by atoms with Crippen molar-refractivity contribution in [3.63, 3.8) is 0 Å². The standard InChI is InChI=1S/C36H46N2O3/c1-36-17-14-32-31-13-11-30(41-25-26-7-3-2-4-8-26)23-27(31)10-12-33(32)34(36)24-28(35(36)39)16-21-40-22-20-37-19-15-29-9-5-6-18-38-29/h2-9,11,13,18,23,28,32-35,37,39H,10,12,14-17,19-22,24-25H2,1H3/t28?,32?,33?,34?,35-,36-/m0/s1. The SMILES string of the molecule is C[C@]12CCC3c4ccc(OCc5ccccc5)cc4CCC3C1CC(CCOCCNCCc1ccccn1)[C@@H]2O. The van der Waals surface area contributed by atoms with Gasteiger partial charge < -0.3 is 19.9 Å². The summed E-state index contributed by atoms with van der Waals surface area (Å²) in [6, 6.07) is 23.2. The van der Waals surface area contributed by atoms with Gasteiger partial charge in [0.15, 0.2) is 0 Å². The number of hydrogen-bond donors (Lipinski definition) is 2. The highest BCUT2D eigenvalue weighted by Crippen LogP contribution is 2.62. The van der Waals surface area contributed by atoms with Gasteiger partial charge in [0.05, 0.1) is 12.7 Å². The van der Waals surface area contributed by atoms with E-state index in [1.165, 1.54) is 29.5 Å². The molecular formula is C36H46N2O3. The largest absolute Gasteiger partial charge is 0.489 e. The molecule has 5 heteroatoms. The normalized spacial score (nSPS) is 28.5. The lowest BCUT2D eigenvalue weighted by Gasteiger charge is -2.50. The number of aliphatic hydroxyl groups is 1. The number of aromatic nitrogens is 1. The summed E-state index contributed by atoms with van der Waals surface area (Å²) in [5.41, 5.74) is 5.36. The molecule has 0 saturated heterocycles. The van der Waals surface area contributed by atoms with Crippen molar-refractivity contribution in [1.29, 1.82) is 0 Å². The first-order valence-corrected chi connectivity index (χ1v) is 15.8. The van der Waals surface area contributed by atoms with Crippen LogP contribution in [-0.4, -0.2) is 42.5 Å². The lowest BCUT2D eigenvalue weighted by molar-refractivity contribution is -0.0358. The summed E-state index contributed by atoms with van der Waals surface area (Å²) in [7, 11) is 0. The summed E-state index contributed by atoms with van der Waals surface area (Å²) in [6.45, 7) is 6.19. The highest BCUT2D eigenvalue weighted by molar-refractivity contribution is 5.41. The Labute approximate surface area is 245 Å². The van der Waals surface area contributed by atoms with Gasteiger partial charge in [-0.1, -0.05) is 49.4 Å². The average Bonchev–Trinajstić information content (AvgIpc) is 3.27. The van der Waals surface area contributed by atoms with Crippen LogP contribution in [0.3, 0.4) is 0 Å². The molecule has 41 heavy (non-hydrogen) atoms. The molecule has 0 spiro atoms. The number of aryl methyl sites for hydroxylation is 1. The molecular weight excluding hydrogens is 508 g/mol. The van der Waals surface area contributed by atoms with E-state index in [2.05, 4.69) is 65.8 Å². The van der Waals surface area contributed by atoms with Crippen molar-refractivity contribution in [2.75, 3.05) is 26.3 Å². The third kappa shape index (κ3) is 6.38. The van der Waals surface area contributed by atoms with E-state index in [4.69, 9.17) is 9.47 Å². The molecule has 0 radical (unpaired) electrons. The van der Waals surface area contributed by atoms with Gasteiger partial charge in [-0.3, -0.25) is 4.98 Å². The van der Waals surface area contributed by atoms with Gasteiger partial charge in [0.1, 0.15) is 12.4 Å². The van der Waals surface area contributed by atoms with Crippen LogP contribution >= 0.6 is 0 Å². The molecule has 0 aliphatic heterocycles. The Kier molecular flexibility index (Phi) is 9.04. The van der Waals surface area contributed by atoms with E-state index in [9.17, 15) is 5.11 Å². The summed E-state index contributed by atoms with van der Waals surface area (Å²) in [5.74, 6) is 3.19. The minimum Gasteiger partial charge on any atom is -0.489 e. The molecule has 0 bridgehead atoms. The first-order chi connectivity index (χ1) is 20.1. The summed E-state index contributed by atoms with van der Waals surface area (Å²) in [4.78, 5) is 4.37. The van der Waals surface area contributed by atoms with Gasteiger partial charge in [-0.05, 0) is 109 Å². The lowest BCUT2D eigenvalue weighted by atomic mass is 9.55. The van der Waals surface area contributed by atoms with E-state index in [1.807, 2.05) is 24.4 Å². The molecule has 2 fully saturated rings. The number of nitrogens with zero attached hydrogens (tertiary/aromatic N) is 1. The van der Waals surface area contributed by atoms with Crippen molar-refractivity contribution in [3.05, 3.63) is 95.3 Å². The van der Waals surface area contributed by atoms with Crippen LogP contribution in [0.4, 0.5) is 0 Å². The van der Waals surface area contributed by atoms with Crippen LogP contribution in [-0.2, 0) is 24.2 Å². The molecule has 3 aliphatic rings. The highest BCUT2D eigenvalue weighted by atomic mass is 16.5. The zero-order valence-corrected chi connectivity index (χ0v) is 24.5. The molecule has 218 valence electrons. The van der Waals surface area contributed by atoms with E-state index in [0.29, 0.717) is 36.9 Å². The minimum absolute atomic E-state index is 0.0368. The van der Waals surface area contributed by atoms with Crippen LogP contribution in [0.2, 0.25) is 0 Å². The highest BCUT2D eigenvalue weighted by Gasteiger charge is 2.57. The molecule has 2 aromatic carbocycles.